The maximum absolute atomic E-state index is 12.5. The van der Waals surface area contributed by atoms with Gasteiger partial charge in [0.1, 0.15) is 5.76 Å². The summed E-state index contributed by atoms with van der Waals surface area (Å²) in [4.78, 5) is 21.0. The molecule has 0 saturated heterocycles. The SMILES string of the molecule is O=C(Nc1cccc(S(=O)(=O)NCc2ccco2)c1)c1cnc(-c2ccccc2)nc1. The summed E-state index contributed by atoms with van der Waals surface area (Å²) in [5.41, 5.74) is 1.43. The minimum Gasteiger partial charge on any atom is -0.468 e. The molecule has 2 aromatic heterocycles. The number of hydrogen-bond acceptors (Lipinski definition) is 6. The van der Waals surface area contributed by atoms with Crippen LogP contribution < -0.4 is 10.0 Å². The van der Waals surface area contributed by atoms with E-state index in [0.717, 1.165) is 5.56 Å². The molecule has 0 unspecified atom stereocenters. The molecule has 0 bridgehead atoms. The Kier molecular flexibility index (Phi) is 5.87. The molecule has 9 heteroatoms. The lowest BCUT2D eigenvalue weighted by molar-refractivity contribution is 0.102. The minimum absolute atomic E-state index is 0.0209. The summed E-state index contributed by atoms with van der Waals surface area (Å²) >= 11 is 0. The van der Waals surface area contributed by atoms with Crippen molar-refractivity contribution >= 4 is 21.6 Å². The first-order valence-corrected chi connectivity index (χ1v) is 10.8. The molecular formula is C22H18N4O4S. The van der Waals surface area contributed by atoms with Gasteiger partial charge in [-0.2, -0.15) is 0 Å². The van der Waals surface area contributed by atoms with Gasteiger partial charge < -0.3 is 9.73 Å². The van der Waals surface area contributed by atoms with Crippen molar-refractivity contribution in [3.63, 3.8) is 0 Å². The van der Waals surface area contributed by atoms with Gasteiger partial charge in [-0.05, 0) is 30.3 Å². The van der Waals surface area contributed by atoms with Crippen LogP contribution in [0.5, 0.6) is 0 Å². The quantitative estimate of drug-likeness (QED) is 0.460. The topological polar surface area (TPSA) is 114 Å². The lowest BCUT2D eigenvalue weighted by atomic mass is 10.2. The second kappa shape index (κ2) is 8.90. The van der Waals surface area contributed by atoms with Crippen molar-refractivity contribution < 1.29 is 17.6 Å². The summed E-state index contributed by atoms with van der Waals surface area (Å²) in [6, 6.07) is 18.7. The van der Waals surface area contributed by atoms with Crippen LogP contribution >= 0.6 is 0 Å². The zero-order valence-corrected chi connectivity index (χ0v) is 17.0. The van der Waals surface area contributed by atoms with E-state index in [1.54, 1.807) is 24.3 Å². The molecule has 0 aliphatic rings. The average molecular weight is 434 g/mol. The third-order valence-electron chi connectivity index (χ3n) is 4.36. The standard InChI is InChI=1S/C22H18N4O4S/c27-22(17-13-23-21(24-14-17)16-6-2-1-3-7-16)26-18-8-4-10-20(12-18)31(28,29)25-15-19-9-5-11-30-19/h1-14,25H,15H2,(H,26,27). The second-order valence-corrected chi connectivity index (χ2v) is 8.31. The van der Waals surface area contributed by atoms with Crippen LogP contribution in [-0.4, -0.2) is 24.3 Å². The largest absolute Gasteiger partial charge is 0.468 e. The number of amides is 1. The molecule has 4 aromatic rings. The Balaban J connectivity index is 1.45. The Morgan fingerprint density at radius 1 is 0.935 bits per heavy atom. The minimum atomic E-state index is -3.78. The van der Waals surface area contributed by atoms with Gasteiger partial charge in [-0.1, -0.05) is 36.4 Å². The monoisotopic (exact) mass is 434 g/mol. The molecule has 156 valence electrons. The summed E-state index contributed by atoms with van der Waals surface area (Å²) in [7, 11) is -3.78. The Morgan fingerprint density at radius 2 is 1.71 bits per heavy atom. The van der Waals surface area contributed by atoms with Gasteiger partial charge in [0.2, 0.25) is 10.0 Å². The lowest BCUT2D eigenvalue weighted by Gasteiger charge is -2.09. The molecule has 0 saturated carbocycles. The van der Waals surface area contributed by atoms with Crippen molar-refractivity contribution in [2.75, 3.05) is 5.32 Å². The van der Waals surface area contributed by atoms with E-state index in [1.165, 1.54) is 30.8 Å². The molecule has 0 radical (unpaired) electrons. The molecule has 31 heavy (non-hydrogen) atoms. The summed E-state index contributed by atoms with van der Waals surface area (Å²) < 4.78 is 32.6. The summed E-state index contributed by atoms with van der Waals surface area (Å²) in [6.45, 7) is 0.0248. The number of aromatic nitrogens is 2. The Labute approximate surface area is 179 Å². The highest BCUT2D eigenvalue weighted by Crippen LogP contribution is 2.18. The fourth-order valence-electron chi connectivity index (χ4n) is 2.79. The smallest absolute Gasteiger partial charge is 0.258 e. The number of furan rings is 1. The molecule has 0 aliphatic heterocycles. The fraction of sp³-hybridized carbons (Fsp3) is 0.0455. The number of carbonyl (C=O) groups is 1. The number of hydrogen-bond donors (Lipinski definition) is 2. The number of nitrogens with one attached hydrogen (secondary N) is 2. The molecule has 4 rings (SSSR count). The van der Waals surface area contributed by atoms with E-state index in [9.17, 15) is 13.2 Å². The van der Waals surface area contributed by atoms with Gasteiger partial charge >= 0.3 is 0 Å². The first kappa shape index (κ1) is 20.5. The molecule has 0 fully saturated rings. The normalized spacial score (nSPS) is 11.2. The van der Waals surface area contributed by atoms with Crippen molar-refractivity contribution in [3.05, 3.63) is 96.7 Å². The summed E-state index contributed by atoms with van der Waals surface area (Å²) in [5, 5.41) is 2.67. The highest BCUT2D eigenvalue weighted by molar-refractivity contribution is 7.89. The predicted molar refractivity (Wildman–Crippen MR) is 115 cm³/mol. The third-order valence-corrected chi connectivity index (χ3v) is 5.76. The van der Waals surface area contributed by atoms with Crippen molar-refractivity contribution in [2.45, 2.75) is 11.4 Å². The van der Waals surface area contributed by atoms with Crippen LogP contribution in [0.4, 0.5) is 5.69 Å². The Bertz CT molecular complexity index is 1270. The number of carbonyl (C=O) groups excluding carboxylic acids is 1. The first-order valence-electron chi connectivity index (χ1n) is 9.32. The lowest BCUT2D eigenvalue weighted by Crippen LogP contribution is -2.23. The van der Waals surface area contributed by atoms with Crippen LogP contribution in [0.15, 0.2) is 94.7 Å². The van der Waals surface area contributed by atoms with Gasteiger partial charge in [-0.25, -0.2) is 23.1 Å². The van der Waals surface area contributed by atoms with Gasteiger partial charge in [-0.15, -0.1) is 0 Å². The van der Waals surface area contributed by atoms with Crippen molar-refractivity contribution in [2.24, 2.45) is 0 Å². The van der Waals surface area contributed by atoms with Crippen LogP contribution in [0.1, 0.15) is 16.1 Å². The molecule has 0 spiro atoms. The molecule has 0 aliphatic carbocycles. The maximum Gasteiger partial charge on any atom is 0.258 e. The number of nitrogens with zero attached hydrogens (tertiary/aromatic N) is 2. The molecule has 1 amide bonds. The van der Waals surface area contributed by atoms with E-state index in [4.69, 9.17) is 4.42 Å². The first-order chi connectivity index (χ1) is 15.0. The van der Waals surface area contributed by atoms with Crippen LogP contribution in [0, 0.1) is 0 Å². The zero-order chi connectivity index (χ0) is 21.7. The maximum atomic E-state index is 12.5. The van der Waals surface area contributed by atoms with Gasteiger partial charge in [0, 0.05) is 23.6 Å². The third kappa shape index (κ3) is 5.03. The molecule has 2 N–H and O–H groups in total. The van der Waals surface area contributed by atoms with Gasteiger partial charge in [-0.3, -0.25) is 4.79 Å². The second-order valence-electron chi connectivity index (χ2n) is 6.55. The highest BCUT2D eigenvalue weighted by Gasteiger charge is 2.16. The van der Waals surface area contributed by atoms with Crippen LogP contribution in [0.3, 0.4) is 0 Å². The van der Waals surface area contributed by atoms with Crippen LogP contribution in [0.25, 0.3) is 11.4 Å². The predicted octanol–water partition coefficient (Wildman–Crippen LogP) is 3.47. The van der Waals surface area contributed by atoms with Gasteiger partial charge in [0.05, 0.1) is 23.3 Å². The molecule has 0 atom stereocenters. The fourth-order valence-corrected chi connectivity index (χ4v) is 3.83. The summed E-state index contributed by atoms with van der Waals surface area (Å²) in [5.74, 6) is 0.553. The van der Waals surface area contributed by atoms with Crippen LogP contribution in [-0.2, 0) is 16.6 Å². The highest BCUT2D eigenvalue weighted by atomic mass is 32.2. The van der Waals surface area contributed by atoms with E-state index in [0.29, 0.717) is 17.3 Å². The molecular weight excluding hydrogens is 416 g/mol. The molecule has 2 aromatic carbocycles. The van der Waals surface area contributed by atoms with E-state index in [1.807, 2.05) is 30.3 Å². The van der Waals surface area contributed by atoms with E-state index >= 15 is 0 Å². The van der Waals surface area contributed by atoms with Crippen LogP contribution in [0.2, 0.25) is 0 Å². The zero-order valence-electron chi connectivity index (χ0n) is 16.2. The molecule has 2 heterocycles. The number of rotatable bonds is 7. The molecule has 8 nitrogen and oxygen atoms in total. The van der Waals surface area contributed by atoms with Crippen molar-refractivity contribution in [1.29, 1.82) is 0 Å². The van der Waals surface area contributed by atoms with Crippen molar-refractivity contribution in [3.8, 4) is 11.4 Å². The van der Waals surface area contributed by atoms with E-state index in [-0.39, 0.29) is 17.0 Å². The Hall–Kier alpha value is -3.82. The van der Waals surface area contributed by atoms with Gasteiger partial charge in [0.15, 0.2) is 5.82 Å². The summed E-state index contributed by atoms with van der Waals surface area (Å²) in [6.07, 6.45) is 4.32. The van der Waals surface area contributed by atoms with E-state index in [2.05, 4.69) is 20.0 Å². The number of benzene rings is 2. The average Bonchev–Trinajstić information content (AvgIpc) is 3.33. The number of sulfonamides is 1. The Morgan fingerprint density at radius 3 is 2.42 bits per heavy atom. The van der Waals surface area contributed by atoms with Crippen molar-refractivity contribution in [1.82, 2.24) is 14.7 Å². The van der Waals surface area contributed by atoms with E-state index < -0.39 is 15.9 Å². The number of anilines is 1. The van der Waals surface area contributed by atoms with Gasteiger partial charge in [0.25, 0.3) is 5.91 Å².